The highest BCUT2D eigenvalue weighted by molar-refractivity contribution is 9.11. The smallest absolute Gasteiger partial charge is 0.244 e. The van der Waals surface area contributed by atoms with Gasteiger partial charge in [-0.25, -0.2) is 8.42 Å². The van der Waals surface area contributed by atoms with Crippen LogP contribution in [0.1, 0.15) is 30.6 Å². The Morgan fingerprint density at radius 2 is 1.81 bits per heavy atom. The molecule has 0 aromatic carbocycles. The summed E-state index contributed by atoms with van der Waals surface area (Å²) < 4.78 is 28.0. The number of sulfonamides is 1. The molecule has 1 aromatic heterocycles. The molecule has 2 fully saturated rings. The van der Waals surface area contributed by atoms with E-state index in [1.807, 2.05) is 6.92 Å². The summed E-state index contributed by atoms with van der Waals surface area (Å²) >= 11 is 4.87. The normalized spacial score (nSPS) is 23.0. The Kier molecular flexibility index (Phi) is 4.76. The van der Waals surface area contributed by atoms with Crippen LogP contribution < -0.4 is 0 Å². The van der Waals surface area contributed by atoms with E-state index in [2.05, 4.69) is 20.8 Å². The molecule has 0 unspecified atom stereocenters. The van der Waals surface area contributed by atoms with E-state index in [0.29, 0.717) is 24.0 Å². The number of thiophene rings is 1. The van der Waals surface area contributed by atoms with Crippen molar-refractivity contribution >= 4 is 37.3 Å². The van der Waals surface area contributed by atoms with Crippen LogP contribution in [0, 0.1) is 6.92 Å². The average molecular weight is 393 g/mol. The van der Waals surface area contributed by atoms with Gasteiger partial charge in [0.05, 0.1) is 8.68 Å². The molecule has 0 N–H and O–H groups in total. The molecule has 0 radical (unpaired) electrons. The van der Waals surface area contributed by atoms with Crippen LogP contribution >= 0.6 is 27.3 Å². The molecule has 0 saturated carbocycles. The highest BCUT2D eigenvalue weighted by Gasteiger charge is 2.33. The molecule has 0 bridgehead atoms. The minimum Gasteiger partial charge on any atom is -0.300 e. The fourth-order valence-corrected chi connectivity index (χ4v) is 7.23. The number of likely N-dealkylation sites (tertiary alicyclic amines) is 1. The van der Waals surface area contributed by atoms with Crippen molar-refractivity contribution < 1.29 is 8.42 Å². The minimum atomic E-state index is -3.32. The summed E-state index contributed by atoms with van der Waals surface area (Å²) in [6.07, 6.45) is 4.51. The second-order valence-electron chi connectivity index (χ2n) is 5.85. The van der Waals surface area contributed by atoms with Crippen LogP contribution in [0.2, 0.25) is 0 Å². The summed E-state index contributed by atoms with van der Waals surface area (Å²) in [5, 5.41) is 0. The largest absolute Gasteiger partial charge is 0.300 e. The SMILES string of the molecule is Cc1sc(Br)cc1S(=O)(=O)N1CCC(N2CCCC2)CC1. The summed E-state index contributed by atoms with van der Waals surface area (Å²) in [5.74, 6) is 0. The van der Waals surface area contributed by atoms with Gasteiger partial charge in [0.25, 0.3) is 0 Å². The molecule has 3 rings (SSSR count). The third-order valence-corrected chi connectivity index (χ3v) is 8.25. The summed E-state index contributed by atoms with van der Waals surface area (Å²) in [5.41, 5.74) is 0. The molecule has 3 heterocycles. The lowest BCUT2D eigenvalue weighted by atomic mass is 10.1. The molecule has 2 saturated heterocycles. The topological polar surface area (TPSA) is 40.6 Å². The van der Waals surface area contributed by atoms with E-state index in [0.717, 1.165) is 21.5 Å². The molecule has 0 aliphatic carbocycles. The molecule has 2 aliphatic rings. The maximum Gasteiger partial charge on any atom is 0.244 e. The molecule has 1 aromatic rings. The molecule has 0 spiro atoms. The number of hydrogen-bond donors (Lipinski definition) is 0. The first-order valence-corrected chi connectivity index (χ1v) is 10.5. The Morgan fingerprint density at radius 3 is 2.33 bits per heavy atom. The Labute approximate surface area is 139 Å². The molecular formula is C14H21BrN2O2S2. The number of nitrogens with zero attached hydrogens (tertiary/aromatic N) is 2. The van der Waals surface area contributed by atoms with E-state index in [1.165, 1.54) is 37.3 Å². The Bertz CT molecular complexity index is 600. The summed E-state index contributed by atoms with van der Waals surface area (Å²) in [6.45, 7) is 5.55. The minimum absolute atomic E-state index is 0.471. The monoisotopic (exact) mass is 392 g/mol. The van der Waals surface area contributed by atoms with E-state index in [1.54, 1.807) is 10.4 Å². The van der Waals surface area contributed by atoms with Gasteiger partial charge in [-0.1, -0.05) is 0 Å². The second kappa shape index (κ2) is 6.28. The second-order valence-corrected chi connectivity index (χ2v) is 10.4. The van der Waals surface area contributed by atoms with Gasteiger partial charge in [-0.15, -0.1) is 11.3 Å². The van der Waals surface area contributed by atoms with Crippen molar-refractivity contribution in [2.75, 3.05) is 26.2 Å². The van der Waals surface area contributed by atoms with E-state index in [4.69, 9.17) is 0 Å². The maximum atomic E-state index is 12.7. The van der Waals surface area contributed by atoms with Gasteiger partial charge in [0.2, 0.25) is 10.0 Å². The fraction of sp³-hybridized carbons (Fsp3) is 0.714. The lowest BCUT2D eigenvalue weighted by Gasteiger charge is -2.35. The zero-order valence-electron chi connectivity index (χ0n) is 12.2. The summed E-state index contributed by atoms with van der Waals surface area (Å²) in [4.78, 5) is 3.87. The van der Waals surface area contributed by atoms with Crippen LogP contribution in [-0.2, 0) is 10.0 Å². The van der Waals surface area contributed by atoms with Gasteiger partial charge in [0.1, 0.15) is 0 Å². The highest BCUT2D eigenvalue weighted by Crippen LogP contribution is 2.33. The quantitative estimate of drug-likeness (QED) is 0.793. The predicted molar refractivity (Wildman–Crippen MR) is 89.3 cm³/mol. The molecule has 118 valence electrons. The van der Waals surface area contributed by atoms with Crippen molar-refractivity contribution in [2.24, 2.45) is 0 Å². The number of halogens is 1. The highest BCUT2D eigenvalue weighted by atomic mass is 79.9. The van der Waals surface area contributed by atoms with Crippen LogP contribution in [0.3, 0.4) is 0 Å². The van der Waals surface area contributed by atoms with Gasteiger partial charge >= 0.3 is 0 Å². The lowest BCUT2D eigenvalue weighted by Crippen LogP contribution is -2.45. The standard InChI is InChI=1S/C14H21BrN2O2S2/c1-11-13(10-14(15)20-11)21(18,19)17-8-4-12(5-9-17)16-6-2-3-7-16/h10,12H,2-9H2,1H3. The van der Waals surface area contributed by atoms with Crippen molar-refractivity contribution in [3.8, 4) is 0 Å². The van der Waals surface area contributed by atoms with Gasteiger partial charge in [-0.2, -0.15) is 4.31 Å². The summed E-state index contributed by atoms with van der Waals surface area (Å²) in [6, 6.07) is 2.32. The first kappa shape index (κ1) is 15.9. The molecule has 2 aliphatic heterocycles. The van der Waals surface area contributed by atoms with Gasteiger partial charge in [-0.05, 0) is 67.7 Å². The lowest BCUT2D eigenvalue weighted by molar-refractivity contribution is 0.168. The molecular weight excluding hydrogens is 372 g/mol. The molecule has 4 nitrogen and oxygen atoms in total. The third-order valence-electron chi connectivity index (χ3n) is 4.54. The van der Waals surface area contributed by atoms with Crippen LogP contribution in [0.15, 0.2) is 14.7 Å². The van der Waals surface area contributed by atoms with Gasteiger partial charge in [-0.3, -0.25) is 0 Å². The number of rotatable bonds is 3. The molecule has 7 heteroatoms. The van der Waals surface area contributed by atoms with Crippen molar-refractivity contribution in [3.63, 3.8) is 0 Å². The zero-order chi connectivity index (χ0) is 15.0. The van der Waals surface area contributed by atoms with Crippen LogP contribution in [-0.4, -0.2) is 49.8 Å². The first-order chi connectivity index (χ1) is 9.98. The molecule has 0 amide bonds. The Morgan fingerprint density at radius 1 is 1.19 bits per heavy atom. The van der Waals surface area contributed by atoms with E-state index < -0.39 is 10.0 Å². The summed E-state index contributed by atoms with van der Waals surface area (Å²) in [7, 11) is -3.32. The first-order valence-electron chi connectivity index (χ1n) is 7.48. The van der Waals surface area contributed by atoms with E-state index in [9.17, 15) is 8.42 Å². The Balaban J connectivity index is 1.69. The van der Waals surface area contributed by atoms with Crippen molar-refractivity contribution in [1.82, 2.24) is 9.21 Å². The van der Waals surface area contributed by atoms with Gasteiger partial charge < -0.3 is 4.90 Å². The van der Waals surface area contributed by atoms with Crippen molar-refractivity contribution in [1.29, 1.82) is 0 Å². The Hall–Kier alpha value is 0.0500. The molecule has 0 atom stereocenters. The predicted octanol–water partition coefficient (Wildman–Crippen LogP) is 3.07. The molecule has 21 heavy (non-hydrogen) atoms. The van der Waals surface area contributed by atoms with Gasteiger partial charge in [0, 0.05) is 24.0 Å². The van der Waals surface area contributed by atoms with E-state index >= 15 is 0 Å². The van der Waals surface area contributed by atoms with Crippen molar-refractivity contribution in [3.05, 3.63) is 14.7 Å². The maximum absolute atomic E-state index is 12.7. The van der Waals surface area contributed by atoms with Crippen LogP contribution in [0.5, 0.6) is 0 Å². The zero-order valence-corrected chi connectivity index (χ0v) is 15.4. The number of aryl methyl sites for hydroxylation is 1. The van der Waals surface area contributed by atoms with Crippen molar-refractivity contribution in [2.45, 2.75) is 43.5 Å². The van der Waals surface area contributed by atoms with Crippen LogP contribution in [0.25, 0.3) is 0 Å². The van der Waals surface area contributed by atoms with Gasteiger partial charge in [0.15, 0.2) is 0 Å². The average Bonchev–Trinajstić information content (AvgIpc) is 3.09. The fourth-order valence-electron chi connectivity index (χ4n) is 3.38. The third kappa shape index (κ3) is 3.22. The number of piperidine rings is 1. The number of hydrogen-bond acceptors (Lipinski definition) is 4. The van der Waals surface area contributed by atoms with Crippen LogP contribution in [0.4, 0.5) is 0 Å². The van der Waals surface area contributed by atoms with E-state index in [-0.39, 0.29) is 0 Å².